The van der Waals surface area contributed by atoms with Crippen LogP contribution in [0, 0.1) is 5.92 Å². The number of carbonyl (C=O) groups excluding carboxylic acids is 1. The summed E-state index contributed by atoms with van der Waals surface area (Å²) in [5.74, 6) is 0.761. The normalized spacial score (nSPS) is 24.6. The topological polar surface area (TPSA) is 41.1 Å². The molecule has 0 aliphatic carbocycles. The van der Waals surface area contributed by atoms with E-state index in [1.54, 1.807) is 11.3 Å². The van der Waals surface area contributed by atoms with Crippen molar-refractivity contribution in [2.24, 2.45) is 5.92 Å². The maximum atomic E-state index is 12.0. The molecule has 1 aliphatic heterocycles. The molecule has 0 bridgehead atoms. The van der Waals surface area contributed by atoms with Gasteiger partial charge in [-0.2, -0.15) is 0 Å². The van der Waals surface area contributed by atoms with Crippen molar-refractivity contribution in [2.45, 2.75) is 32.4 Å². The van der Waals surface area contributed by atoms with Crippen LogP contribution in [0.25, 0.3) is 0 Å². The Kier molecular flexibility index (Phi) is 4.59. The van der Waals surface area contributed by atoms with Crippen LogP contribution in [0.1, 0.15) is 24.6 Å². The fraction of sp³-hybridized carbons (Fsp3) is 0.583. The number of nitrogens with one attached hydrogen (secondary N) is 2. The van der Waals surface area contributed by atoms with Gasteiger partial charge in [0.05, 0.1) is 12.6 Å². The van der Waals surface area contributed by atoms with E-state index in [1.807, 2.05) is 11.4 Å². The van der Waals surface area contributed by atoms with Gasteiger partial charge in [-0.25, -0.2) is 0 Å². The zero-order chi connectivity index (χ0) is 12.3. The van der Waals surface area contributed by atoms with Crippen LogP contribution in [-0.2, 0) is 11.3 Å². The highest BCUT2D eigenvalue weighted by Crippen LogP contribution is 2.22. The number of piperidine rings is 1. The lowest BCUT2D eigenvalue weighted by atomic mass is 9.94. The minimum absolute atomic E-state index is 0.0162. The number of hydrogen-bond donors (Lipinski definition) is 2. The van der Waals surface area contributed by atoms with E-state index in [4.69, 9.17) is 0 Å². The van der Waals surface area contributed by atoms with Crippen LogP contribution in [0.2, 0.25) is 0 Å². The first-order valence-corrected chi connectivity index (χ1v) is 7.57. The predicted molar refractivity (Wildman–Crippen MR) is 74.1 cm³/mol. The van der Waals surface area contributed by atoms with Crippen LogP contribution >= 0.6 is 27.3 Å². The number of hydrogen-bond acceptors (Lipinski definition) is 3. The first kappa shape index (κ1) is 13.1. The molecule has 0 spiro atoms. The standard InChI is InChI=1S/C12H17BrN2OS/c1-8-2-4-14-10(6-8)12(16)15-7-11-9(13)3-5-17-11/h3,5,8,10,14H,2,4,6-7H2,1H3,(H,15,16). The lowest BCUT2D eigenvalue weighted by molar-refractivity contribution is -0.124. The molecule has 1 saturated heterocycles. The van der Waals surface area contributed by atoms with E-state index in [2.05, 4.69) is 33.5 Å². The summed E-state index contributed by atoms with van der Waals surface area (Å²) < 4.78 is 1.08. The Morgan fingerprint density at radius 3 is 3.18 bits per heavy atom. The summed E-state index contributed by atoms with van der Waals surface area (Å²) >= 11 is 5.12. The summed E-state index contributed by atoms with van der Waals surface area (Å²) in [4.78, 5) is 13.1. The van der Waals surface area contributed by atoms with Crippen LogP contribution in [0.15, 0.2) is 15.9 Å². The minimum atomic E-state index is -0.0162. The molecule has 1 aromatic heterocycles. The second-order valence-corrected chi connectivity index (χ2v) is 6.40. The maximum Gasteiger partial charge on any atom is 0.237 e. The van der Waals surface area contributed by atoms with Crippen molar-refractivity contribution in [3.05, 3.63) is 20.8 Å². The quantitative estimate of drug-likeness (QED) is 0.899. The summed E-state index contributed by atoms with van der Waals surface area (Å²) in [6.07, 6.45) is 2.11. The average molecular weight is 317 g/mol. The number of thiophene rings is 1. The Bertz CT molecular complexity index is 394. The highest BCUT2D eigenvalue weighted by Gasteiger charge is 2.24. The molecule has 1 amide bonds. The van der Waals surface area contributed by atoms with Crippen LogP contribution < -0.4 is 10.6 Å². The Balaban J connectivity index is 1.83. The highest BCUT2D eigenvalue weighted by molar-refractivity contribution is 9.10. The van der Waals surface area contributed by atoms with Gasteiger partial charge >= 0.3 is 0 Å². The molecule has 1 aliphatic rings. The molecule has 94 valence electrons. The van der Waals surface area contributed by atoms with Crippen molar-refractivity contribution in [3.63, 3.8) is 0 Å². The first-order chi connectivity index (χ1) is 8.16. The van der Waals surface area contributed by atoms with Crippen LogP contribution in [0.3, 0.4) is 0 Å². The summed E-state index contributed by atoms with van der Waals surface area (Å²) in [7, 11) is 0. The first-order valence-electron chi connectivity index (χ1n) is 5.90. The molecule has 2 N–H and O–H groups in total. The maximum absolute atomic E-state index is 12.0. The molecule has 5 heteroatoms. The van der Waals surface area contributed by atoms with Gasteiger partial charge in [-0.1, -0.05) is 6.92 Å². The molecule has 0 aromatic carbocycles. The third kappa shape index (κ3) is 3.53. The average Bonchev–Trinajstić information content (AvgIpc) is 2.72. The predicted octanol–water partition coefficient (Wildman–Crippen LogP) is 2.51. The molecular weight excluding hydrogens is 300 g/mol. The van der Waals surface area contributed by atoms with Gasteiger partial charge in [-0.3, -0.25) is 4.79 Å². The van der Waals surface area contributed by atoms with Crippen LogP contribution in [-0.4, -0.2) is 18.5 Å². The van der Waals surface area contributed by atoms with Gasteiger partial charge in [0.15, 0.2) is 0 Å². The van der Waals surface area contributed by atoms with E-state index in [9.17, 15) is 4.79 Å². The highest BCUT2D eigenvalue weighted by atomic mass is 79.9. The summed E-state index contributed by atoms with van der Waals surface area (Å²) in [5, 5.41) is 8.29. The number of amides is 1. The van der Waals surface area contributed by atoms with E-state index in [1.165, 1.54) is 11.3 Å². The fourth-order valence-electron chi connectivity index (χ4n) is 2.05. The van der Waals surface area contributed by atoms with Gasteiger partial charge in [0.25, 0.3) is 0 Å². The number of halogens is 1. The van der Waals surface area contributed by atoms with E-state index < -0.39 is 0 Å². The largest absolute Gasteiger partial charge is 0.350 e. The van der Waals surface area contributed by atoms with Crippen LogP contribution in [0.4, 0.5) is 0 Å². The smallest absolute Gasteiger partial charge is 0.237 e. The molecule has 2 atom stereocenters. The van der Waals surface area contributed by atoms with Gasteiger partial charge in [0.2, 0.25) is 5.91 Å². The van der Waals surface area contributed by atoms with Gasteiger partial charge in [0.1, 0.15) is 0 Å². The fourth-order valence-corrected chi connectivity index (χ4v) is 3.48. The molecular formula is C12H17BrN2OS. The lowest BCUT2D eigenvalue weighted by Crippen LogP contribution is -2.48. The molecule has 2 unspecified atom stereocenters. The van der Waals surface area contributed by atoms with Gasteiger partial charge in [-0.15, -0.1) is 11.3 Å². The van der Waals surface area contributed by atoms with Gasteiger partial charge < -0.3 is 10.6 Å². The van der Waals surface area contributed by atoms with Crippen molar-refractivity contribution in [1.82, 2.24) is 10.6 Å². The van der Waals surface area contributed by atoms with Crippen molar-refractivity contribution in [2.75, 3.05) is 6.54 Å². The van der Waals surface area contributed by atoms with E-state index in [0.717, 1.165) is 17.4 Å². The molecule has 3 nitrogen and oxygen atoms in total. The van der Waals surface area contributed by atoms with Gasteiger partial charge in [0, 0.05) is 9.35 Å². The third-order valence-electron chi connectivity index (χ3n) is 3.10. The second kappa shape index (κ2) is 5.98. The van der Waals surface area contributed by atoms with Crippen LogP contribution in [0.5, 0.6) is 0 Å². The molecule has 1 aromatic rings. The van der Waals surface area contributed by atoms with Crippen molar-refractivity contribution in [3.8, 4) is 0 Å². The van der Waals surface area contributed by atoms with E-state index >= 15 is 0 Å². The van der Waals surface area contributed by atoms with E-state index in [-0.39, 0.29) is 11.9 Å². The van der Waals surface area contributed by atoms with Gasteiger partial charge in [-0.05, 0) is 52.7 Å². The third-order valence-corrected chi connectivity index (χ3v) is 5.02. The number of carbonyl (C=O) groups is 1. The SMILES string of the molecule is CC1CCNC(C(=O)NCc2sccc2Br)C1. The number of rotatable bonds is 3. The zero-order valence-corrected chi connectivity index (χ0v) is 12.2. The van der Waals surface area contributed by atoms with Crippen molar-refractivity contribution in [1.29, 1.82) is 0 Å². The summed E-state index contributed by atoms with van der Waals surface area (Å²) in [6.45, 7) is 3.77. The Morgan fingerprint density at radius 1 is 1.71 bits per heavy atom. The zero-order valence-electron chi connectivity index (χ0n) is 9.83. The Labute approximate surface area is 114 Å². The Hall–Kier alpha value is -0.390. The molecule has 17 heavy (non-hydrogen) atoms. The van der Waals surface area contributed by atoms with E-state index in [0.29, 0.717) is 12.5 Å². The molecule has 0 radical (unpaired) electrons. The summed E-state index contributed by atoms with van der Waals surface area (Å²) in [5.41, 5.74) is 0. The Morgan fingerprint density at radius 2 is 2.53 bits per heavy atom. The minimum Gasteiger partial charge on any atom is -0.350 e. The van der Waals surface area contributed by atoms with Crippen molar-refractivity contribution >= 4 is 33.2 Å². The molecule has 1 fully saturated rings. The second-order valence-electron chi connectivity index (χ2n) is 4.55. The summed E-state index contributed by atoms with van der Waals surface area (Å²) in [6, 6.07) is 1.99. The molecule has 0 saturated carbocycles. The monoisotopic (exact) mass is 316 g/mol. The lowest BCUT2D eigenvalue weighted by Gasteiger charge is -2.27. The molecule has 2 heterocycles. The molecule has 2 rings (SSSR count). The van der Waals surface area contributed by atoms with Crippen molar-refractivity contribution < 1.29 is 4.79 Å².